The maximum absolute atomic E-state index is 10.7. The standard InChI is InChI=1S/C19H19NO3S2/c1-15-3-5-16(6-4-15)18-7-8-19(24-18)17-9-12-20(13-10-17)11-2-14-25(21,22)23/h3-10,12-13H,2,11,14H2,1H3/p+1. The fraction of sp³-hybridized carbons (Fsp3) is 0.211. The molecule has 2 heterocycles. The molecule has 0 bridgehead atoms. The van der Waals surface area contributed by atoms with Gasteiger partial charge >= 0.3 is 0 Å². The van der Waals surface area contributed by atoms with Gasteiger partial charge in [-0.25, -0.2) is 4.57 Å². The maximum Gasteiger partial charge on any atom is 0.265 e. The van der Waals surface area contributed by atoms with Crippen LogP contribution in [0.2, 0.25) is 0 Å². The monoisotopic (exact) mass is 374 g/mol. The lowest BCUT2D eigenvalue weighted by Crippen LogP contribution is -2.33. The van der Waals surface area contributed by atoms with Crippen molar-refractivity contribution in [3.8, 4) is 20.9 Å². The van der Waals surface area contributed by atoms with Crippen LogP contribution in [0.25, 0.3) is 20.9 Å². The first-order chi connectivity index (χ1) is 11.9. The zero-order valence-electron chi connectivity index (χ0n) is 13.9. The van der Waals surface area contributed by atoms with E-state index in [4.69, 9.17) is 4.55 Å². The second-order valence-electron chi connectivity index (χ2n) is 5.99. The molecular formula is C19H20NO3S2+. The van der Waals surface area contributed by atoms with Gasteiger partial charge in [-0.05, 0) is 24.6 Å². The molecule has 0 radical (unpaired) electrons. The third-order valence-electron chi connectivity index (χ3n) is 3.94. The molecule has 0 saturated heterocycles. The molecule has 3 rings (SSSR count). The highest BCUT2D eigenvalue weighted by Gasteiger charge is 2.09. The van der Waals surface area contributed by atoms with Crippen LogP contribution in [-0.4, -0.2) is 18.7 Å². The van der Waals surface area contributed by atoms with Gasteiger partial charge < -0.3 is 0 Å². The fourth-order valence-electron chi connectivity index (χ4n) is 2.57. The Kier molecular flexibility index (Phi) is 5.32. The lowest BCUT2D eigenvalue weighted by atomic mass is 10.1. The Hall–Kier alpha value is -2.02. The highest BCUT2D eigenvalue weighted by Crippen LogP contribution is 2.34. The van der Waals surface area contributed by atoms with Crippen LogP contribution in [-0.2, 0) is 16.7 Å². The molecule has 0 fully saturated rings. The Bertz CT molecular complexity index is 943. The Balaban J connectivity index is 1.69. The summed E-state index contributed by atoms with van der Waals surface area (Å²) in [6.07, 6.45) is 4.26. The number of aryl methyl sites for hydroxylation is 2. The van der Waals surface area contributed by atoms with Crippen molar-refractivity contribution in [2.45, 2.75) is 19.9 Å². The molecule has 0 aliphatic heterocycles. The van der Waals surface area contributed by atoms with Crippen LogP contribution in [0.4, 0.5) is 0 Å². The van der Waals surface area contributed by atoms with Crippen molar-refractivity contribution in [3.05, 3.63) is 66.5 Å². The quantitative estimate of drug-likeness (QED) is 0.525. The van der Waals surface area contributed by atoms with E-state index in [1.807, 2.05) is 29.1 Å². The van der Waals surface area contributed by atoms with E-state index < -0.39 is 10.1 Å². The summed E-state index contributed by atoms with van der Waals surface area (Å²) in [4.78, 5) is 2.43. The van der Waals surface area contributed by atoms with E-state index in [1.54, 1.807) is 11.3 Å². The number of nitrogens with zero attached hydrogens (tertiary/aromatic N) is 1. The lowest BCUT2D eigenvalue weighted by molar-refractivity contribution is -0.696. The molecule has 0 saturated carbocycles. The second kappa shape index (κ2) is 7.47. The van der Waals surface area contributed by atoms with Crippen LogP contribution in [0.15, 0.2) is 60.9 Å². The molecular weight excluding hydrogens is 354 g/mol. The van der Waals surface area contributed by atoms with E-state index in [0.717, 1.165) is 5.56 Å². The molecule has 1 aromatic carbocycles. The summed E-state index contributed by atoms with van der Waals surface area (Å²) in [7, 11) is -3.88. The maximum atomic E-state index is 10.7. The number of rotatable bonds is 6. The van der Waals surface area contributed by atoms with Gasteiger partial charge in [-0.15, -0.1) is 11.3 Å². The number of pyridine rings is 1. The van der Waals surface area contributed by atoms with Crippen molar-refractivity contribution in [1.82, 2.24) is 0 Å². The number of benzene rings is 1. The van der Waals surface area contributed by atoms with Crippen LogP contribution in [0.5, 0.6) is 0 Å². The minimum absolute atomic E-state index is 0.216. The van der Waals surface area contributed by atoms with Gasteiger partial charge in [0.15, 0.2) is 12.4 Å². The molecule has 0 atom stereocenters. The Morgan fingerprint density at radius 3 is 2.04 bits per heavy atom. The molecule has 0 unspecified atom stereocenters. The Labute approximate surface area is 152 Å². The first kappa shape index (κ1) is 17.8. The predicted octanol–water partition coefficient (Wildman–Crippen LogP) is 3.96. The summed E-state index contributed by atoms with van der Waals surface area (Å²) in [5.74, 6) is -0.216. The van der Waals surface area contributed by atoms with Gasteiger partial charge in [0.05, 0.1) is 5.75 Å². The summed E-state index contributed by atoms with van der Waals surface area (Å²) in [5, 5.41) is 0. The van der Waals surface area contributed by atoms with Gasteiger partial charge in [-0.1, -0.05) is 29.8 Å². The number of hydrogen-bond acceptors (Lipinski definition) is 3. The summed E-state index contributed by atoms with van der Waals surface area (Å²) in [6, 6.07) is 16.8. The lowest BCUT2D eigenvalue weighted by Gasteiger charge is -2.00. The van der Waals surface area contributed by atoms with Crippen molar-refractivity contribution in [1.29, 1.82) is 0 Å². The molecule has 0 aliphatic carbocycles. The molecule has 2 aromatic heterocycles. The summed E-state index contributed by atoms with van der Waals surface area (Å²) >= 11 is 1.75. The summed E-state index contributed by atoms with van der Waals surface area (Å²) in [6.45, 7) is 2.64. The minimum Gasteiger partial charge on any atom is -0.286 e. The molecule has 0 aliphatic rings. The van der Waals surface area contributed by atoms with Crippen molar-refractivity contribution in [3.63, 3.8) is 0 Å². The van der Waals surface area contributed by atoms with Gasteiger partial charge in [-0.2, -0.15) is 8.42 Å². The minimum atomic E-state index is -3.88. The van der Waals surface area contributed by atoms with E-state index in [9.17, 15) is 8.42 Å². The largest absolute Gasteiger partial charge is 0.286 e. The zero-order chi connectivity index (χ0) is 17.9. The Morgan fingerprint density at radius 1 is 0.920 bits per heavy atom. The normalized spacial score (nSPS) is 11.6. The van der Waals surface area contributed by atoms with Crippen LogP contribution in [0.1, 0.15) is 12.0 Å². The summed E-state index contributed by atoms with van der Waals surface area (Å²) in [5.41, 5.74) is 3.61. The van der Waals surface area contributed by atoms with Crippen LogP contribution < -0.4 is 4.57 Å². The average molecular weight is 375 g/mol. The molecule has 1 N–H and O–H groups in total. The van der Waals surface area contributed by atoms with Crippen molar-refractivity contribution in [2.24, 2.45) is 0 Å². The first-order valence-corrected chi connectivity index (χ1v) is 10.4. The van der Waals surface area contributed by atoms with E-state index in [-0.39, 0.29) is 5.75 Å². The highest BCUT2D eigenvalue weighted by atomic mass is 32.2. The number of thiophene rings is 1. The van der Waals surface area contributed by atoms with Gasteiger partial charge in [0.25, 0.3) is 10.1 Å². The third-order valence-corrected chi connectivity index (χ3v) is 5.92. The smallest absolute Gasteiger partial charge is 0.265 e. The molecule has 3 aromatic rings. The van der Waals surface area contributed by atoms with Gasteiger partial charge in [-0.3, -0.25) is 4.55 Å². The van der Waals surface area contributed by atoms with E-state index in [2.05, 4.69) is 43.3 Å². The third kappa shape index (κ3) is 4.98. The van der Waals surface area contributed by atoms with E-state index in [0.29, 0.717) is 13.0 Å². The summed E-state index contributed by atoms with van der Waals surface area (Å²) < 4.78 is 32.2. The molecule has 0 spiro atoms. The van der Waals surface area contributed by atoms with Crippen molar-refractivity contribution >= 4 is 21.5 Å². The van der Waals surface area contributed by atoms with E-state index >= 15 is 0 Å². The molecule has 6 heteroatoms. The Morgan fingerprint density at radius 2 is 1.48 bits per heavy atom. The average Bonchev–Trinajstić information content (AvgIpc) is 3.05. The number of hydrogen-bond donors (Lipinski definition) is 1. The molecule has 4 nitrogen and oxygen atoms in total. The molecule has 0 amide bonds. The van der Waals surface area contributed by atoms with Gasteiger partial charge in [0.2, 0.25) is 0 Å². The zero-order valence-corrected chi connectivity index (χ0v) is 15.6. The SMILES string of the molecule is Cc1ccc(-c2ccc(-c3cc[n+](CCCS(=O)(=O)O)cc3)s2)cc1. The first-order valence-electron chi connectivity index (χ1n) is 8.02. The van der Waals surface area contributed by atoms with Crippen LogP contribution >= 0.6 is 11.3 Å². The van der Waals surface area contributed by atoms with Crippen molar-refractivity contribution < 1.29 is 17.5 Å². The topological polar surface area (TPSA) is 58.2 Å². The number of aromatic nitrogens is 1. The van der Waals surface area contributed by atoms with Gasteiger partial charge in [0, 0.05) is 33.9 Å². The van der Waals surface area contributed by atoms with Crippen molar-refractivity contribution in [2.75, 3.05) is 5.75 Å². The van der Waals surface area contributed by atoms with Crippen LogP contribution in [0.3, 0.4) is 0 Å². The fourth-order valence-corrected chi connectivity index (χ4v) is 4.08. The second-order valence-corrected chi connectivity index (χ2v) is 8.65. The highest BCUT2D eigenvalue weighted by molar-refractivity contribution is 7.85. The predicted molar refractivity (Wildman–Crippen MR) is 101 cm³/mol. The van der Waals surface area contributed by atoms with Crippen LogP contribution in [0, 0.1) is 6.92 Å². The van der Waals surface area contributed by atoms with E-state index in [1.165, 1.54) is 20.9 Å². The van der Waals surface area contributed by atoms with Gasteiger partial charge in [0.1, 0.15) is 6.54 Å². The molecule has 25 heavy (non-hydrogen) atoms. The molecule has 130 valence electrons.